The average Bonchev–Trinajstić information content (AvgIpc) is 3.03. The van der Waals surface area contributed by atoms with Crippen molar-refractivity contribution in [3.8, 4) is 34.1 Å². The molecule has 0 aliphatic carbocycles. The van der Waals surface area contributed by atoms with Crippen LogP contribution in [0.15, 0.2) is 121 Å². The highest BCUT2D eigenvalue weighted by Crippen LogP contribution is 2.26. The Labute approximate surface area is 254 Å². The summed E-state index contributed by atoms with van der Waals surface area (Å²) in [5.74, 6) is 6.10. The van der Waals surface area contributed by atoms with E-state index in [9.17, 15) is 0 Å². The van der Waals surface area contributed by atoms with Crippen LogP contribution in [0.3, 0.4) is 0 Å². The van der Waals surface area contributed by atoms with Gasteiger partial charge in [-0.1, -0.05) is 127 Å². The van der Waals surface area contributed by atoms with Gasteiger partial charge in [-0.2, -0.15) is 0 Å². The zero-order chi connectivity index (χ0) is 29.8. The first-order chi connectivity index (χ1) is 20.9. The molecule has 0 heterocycles. The van der Waals surface area contributed by atoms with Gasteiger partial charge in [-0.15, -0.1) is 0 Å². The van der Waals surface area contributed by atoms with Crippen LogP contribution >= 0.6 is 0 Å². The molecule has 0 aromatic heterocycles. The van der Waals surface area contributed by atoms with Gasteiger partial charge >= 0.3 is 0 Å². The Balaban J connectivity index is 1.15. The summed E-state index contributed by atoms with van der Waals surface area (Å²) >= 11 is 0. The van der Waals surface area contributed by atoms with E-state index in [-0.39, 0.29) is 5.82 Å². The van der Waals surface area contributed by atoms with Crippen LogP contribution in [0.2, 0.25) is 0 Å². The van der Waals surface area contributed by atoms with Gasteiger partial charge in [0.25, 0.3) is 0 Å². The fourth-order valence-electron chi connectivity index (χ4n) is 5.56. The van der Waals surface area contributed by atoms with Gasteiger partial charge in [-0.05, 0) is 107 Å². The molecule has 0 atom stereocenters. The maximum absolute atomic E-state index is 15.3. The standard InChI is InChI=1S/C42H35F/c1-4-34-27-40(37-18-7-30(3)8-19-37)28-42(43)41(34)24-15-33-14-23-38-25-32(13-22-39(38)26-33)10-9-31-11-20-36(21-12-31)35-16-5-29(2)6-17-35/h5-8,11-14,16-23,25-28H,4,9-10H2,1-3H3. The molecule has 0 saturated carbocycles. The summed E-state index contributed by atoms with van der Waals surface area (Å²) in [6, 6.07) is 42.4. The van der Waals surface area contributed by atoms with Crippen LogP contribution in [0, 0.1) is 31.5 Å². The third-order valence-corrected chi connectivity index (χ3v) is 8.22. The lowest BCUT2D eigenvalue weighted by Gasteiger charge is -2.09. The Morgan fingerprint density at radius 3 is 1.70 bits per heavy atom. The van der Waals surface area contributed by atoms with E-state index in [0.29, 0.717) is 5.56 Å². The lowest BCUT2D eigenvalue weighted by Crippen LogP contribution is -1.95. The van der Waals surface area contributed by atoms with Crippen molar-refractivity contribution >= 4 is 10.8 Å². The van der Waals surface area contributed by atoms with E-state index in [2.05, 4.69) is 123 Å². The Morgan fingerprint density at radius 1 is 0.512 bits per heavy atom. The summed E-state index contributed by atoms with van der Waals surface area (Å²) in [7, 11) is 0. The smallest absolute Gasteiger partial charge is 0.139 e. The molecule has 6 rings (SSSR count). The molecule has 1 heteroatoms. The highest BCUT2D eigenvalue weighted by Gasteiger charge is 2.10. The SMILES string of the molecule is CCc1cc(-c2ccc(C)cc2)cc(F)c1C#Cc1ccc2cc(CCc3ccc(-c4ccc(C)cc4)cc3)ccc2c1. The zero-order valence-electron chi connectivity index (χ0n) is 25.0. The van der Waals surface area contributed by atoms with Gasteiger partial charge in [-0.3, -0.25) is 0 Å². The average molecular weight is 559 g/mol. The molecule has 0 amide bonds. The van der Waals surface area contributed by atoms with Crippen LogP contribution < -0.4 is 0 Å². The maximum atomic E-state index is 15.3. The number of hydrogen-bond acceptors (Lipinski definition) is 0. The largest absolute Gasteiger partial charge is 0.206 e. The van der Waals surface area contributed by atoms with Gasteiger partial charge < -0.3 is 0 Å². The van der Waals surface area contributed by atoms with Crippen LogP contribution in [0.4, 0.5) is 4.39 Å². The molecule has 6 aromatic rings. The number of benzene rings is 6. The van der Waals surface area contributed by atoms with Gasteiger partial charge in [-0.25, -0.2) is 4.39 Å². The molecule has 0 unspecified atom stereocenters. The molecule has 0 radical (unpaired) electrons. The van der Waals surface area contributed by atoms with Crippen LogP contribution in [-0.4, -0.2) is 0 Å². The summed E-state index contributed by atoms with van der Waals surface area (Å²) in [6.07, 6.45) is 2.70. The van der Waals surface area contributed by atoms with Crippen molar-refractivity contribution in [3.05, 3.63) is 166 Å². The molecule has 0 nitrogen and oxygen atoms in total. The first-order valence-electron chi connectivity index (χ1n) is 15.1. The molecule has 210 valence electrons. The predicted octanol–water partition coefficient (Wildman–Crippen LogP) is 10.7. The van der Waals surface area contributed by atoms with Crippen molar-refractivity contribution < 1.29 is 4.39 Å². The fraction of sp³-hybridized carbons (Fsp3) is 0.143. The van der Waals surface area contributed by atoms with E-state index in [1.54, 1.807) is 6.07 Å². The Hall–Kier alpha value is -4.93. The fourth-order valence-corrected chi connectivity index (χ4v) is 5.56. The molecular weight excluding hydrogens is 523 g/mol. The van der Waals surface area contributed by atoms with Gasteiger partial charge in [0.15, 0.2) is 0 Å². The zero-order valence-corrected chi connectivity index (χ0v) is 25.0. The highest BCUT2D eigenvalue weighted by atomic mass is 19.1. The maximum Gasteiger partial charge on any atom is 0.139 e. The normalized spacial score (nSPS) is 10.9. The minimum absolute atomic E-state index is 0.266. The van der Waals surface area contributed by atoms with Crippen molar-refractivity contribution in [2.45, 2.75) is 40.0 Å². The highest BCUT2D eigenvalue weighted by molar-refractivity contribution is 5.84. The molecule has 0 aliphatic heterocycles. The molecule has 0 aliphatic rings. The van der Waals surface area contributed by atoms with Crippen molar-refractivity contribution in [1.29, 1.82) is 0 Å². The number of fused-ring (bicyclic) bond motifs is 1. The lowest BCUT2D eigenvalue weighted by molar-refractivity contribution is 0.622. The van der Waals surface area contributed by atoms with Crippen LogP contribution in [-0.2, 0) is 19.3 Å². The molecular formula is C42H35F. The van der Waals surface area contributed by atoms with Crippen molar-refractivity contribution in [3.63, 3.8) is 0 Å². The topological polar surface area (TPSA) is 0 Å². The van der Waals surface area contributed by atoms with Crippen molar-refractivity contribution in [1.82, 2.24) is 0 Å². The second kappa shape index (κ2) is 12.5. The summed E-state index contributed by atoms with van der Waals surface area (Å²) < 4.78 is 15.3. The summed E-state index contributed by atoms with van der Waals surface area (Å²) in [5, 5.41) is 2.34. The third-order valence-electron chi connectivity index (χ3n) is 8.22. The minimum atomic E-state index is -0.266. The Morgan fingerprint density at radius 2 is 1.05 bits per heavy atom. The van der Waals surface area contributed by atoms with Gasteiger partial charge in [0.1, 0.15) is 5.82 Å². The molecule has 0 spiro atoms. The molecule has 0 N–H and O–H groups in total. The molecule has 0 saturated heterocycles. The molecule has 43 heavy (non-hydrogen) atoms. The second-order valence-corrected chi connectivity index (χ2v) is 11.4. The molecule has 0 fully saturated rings. The van der Waals surface area contributed by atoms with E-state index in [0.717, 1.165) is 46.9 Å². The van der Waals surface area contributed by atoms with E-state index >= 15 is 4.39 Å². The van der Waals surface area contributed by atoms with E-state index in [4.69, 9.17) is 0 Å². The van der Waals surface area contributed by atoms with Crippen LogP contribution in [0.5, 0.6) is 0 Å². The number of rotatable bonds is 6. The van der Waals surface area contributed by atoms with E-state index in [1.807, 2.05) is 25.1 Å². The summed E-state index contributed by atoms with van der Waals surface area (Å²) in [6.45, 7) is 6.22. The monoisotopic (exact) mass is 558 g/mol. The quantitative estimate of drug-likeness (QED) is 0.178. The molecule has 6 aromatic carbocycles. The van der Waals surface area contributed by atoms with E-state index < -0.39 is 0 Å². The summed E-state index contributed by atoms with van der Waals surface area (Å²) in [5.41, 5.74) is 11.8. The van der Waals surface area contributed by atoms with Gasteiger partial charge in [0.2, 0.25) is 0 Å². The lowest BCUT2D eigenvalue weighted by atomic mass is 9.96. The van der Waals surface area contributed by atoms with Crippen LogP contribution in [0.1, 0.15) is 45.9 Å². The van der Waals surface area contributed by atoms with Crippen molar-refractivity contribution in [2.75, 3.05) is 0 Å². The predicted molar refractivity (Wildman–Crippen MR) is 180 cm³/mol. The second-order valence-electron chi connectivity index (χ2n) is 11.4. The third kappa shape index (κ3) is 6.61. The summed E-state index contributed by atoms with van der Waals surface area (Å²) in [4.78, 5) is 0. The number of halogens is 1. The van der Waals surface area contributed by atoms with Crippen LogP contribution in [0.25, 0.3) is 33.0 Å². The van der Waals surface area contributed by atoms with Gasteiger partial charge in [0, 0.05) is 5.56 Å². The number of hydrogen-bond donors (Lipinski definition) is 0. The minimum Gasteiger partial charge on any atom is -0.206 e. The number of aryl methyl sites for hydroxylation is 5. The van der Waals surface area contributed by atoms with Crippen molar-refractivity contribution in [2.24, 2.45) is 0 Å². The Bertz CT molecular complexity index is 1950. The molecule has 0 bridgehead atoms. The first kappa shape index (κ1) is 28.2. The van der Waals surface area contributed by atoms with Gasteiger partial charge in [0.05, 0.1) is 5.56 Å². The first-order valence-corrected chi connectivity index (χ1v) is 15.1. The van der Waals surface area contributed by atoms with E-state index in [1.165, 1.54) is 38.8 Å². The Kier molecular flexibility index (Phi) is 8.21.